The molecule has 0 radical (unpaired) electrons. The van der Waals surface area contributed by atoms with Gasteiger partial charge in [0.1, 0.15) is 8.07 Å². The number of benzene rings is 8. The van der Waals surface area contributed by atoms with Crippen molar-refractivity contribution in [1.29, 1.82) is 0 Å². The maximum absolute atomic E-state index is 5.42. The van der Waals surface area contributed by atoms with E-state index in [4.69, 9.17) is 19.9 Å². The van der Waals surface area contributed by atoms with E-state index >= 15 is 0 Å². The molecule has 3 heterocycles. The first-order chi connectivity index (χ1) is 30.0. The van der Waals surface area contributed by atoms with Crippen LogP contribution >= 0.6 is 0 Å². The summed E-state index contributed by atoms with van der Waals surface area (Å²) >= 11 is 0. The van der Waals surface area contributed by atoms with Gasteiger partial charge in [-0.2, -0.15) is 0 Å². The van der Waals surface area contributed by atoms with E-state index in [1.54, 1.807) is 0 Å². The van der Waals surface area contributed by atoms with E-state index in [2.05, 4.69) is 201 Å². The number of hydrogen-bond donors (Lipinski definition) is 0. The average molecular weight is 797 g/mol. The van der Waals surface area contributed by atoms with E-state index in [0.717, 1.165) is 83.7 Å². The minimum absolute atomic E-state index is 0.711. The molecule has 1 aliphatic rings. The molecular weight excluding hydrogens is 757 g/mol. The number of fused-ring (bicyclic) bond motifs is 4. The lowest BCUT2D eigenvalue weighted by atomic mass is 9.95. The fourth-order valence-electron chi connectivity index (χ4n) is 8.93. The number of para-hydroxylation sites is 1. The molecule has 4 nitrogen and oxygen atoms in total. The van der Waals surface area contributed by atoms with Gasteiger partial charge in [0.25, 0.3) is 0 Å². The fourth-order valence-corrected chi connectivity index (χ4v) is 11.8. The molecule has 0 saturated carbocycles. The second-order valence-electron chi connectivity index (χ2n) is 16.3. The second kappa shape index (κ2) is 14.9. The largest absolute Gasteiger partial charge is 0.237 e. The quantitative estimate of drug-likeness (QED) is 0.151. The molecule has 1 aliphatic heterocycles. The Morgan fingerprint density at radius 1 is 0.328 bits per heavy atom. The molecule has 2 aromatic heterocycles. The van der Waals surface area contributed by atoms with Gasteiger partial charge in [-0.3, -0.25) is 0 Å². The lowest BCUT2D eigenvalue weighted by molar-refractivity contribution is 1.21. The number of aromatic nitrogens is 4. The van der Waals surface area contributed by atoms with Crippen molar-refractivity contribution in [3.63, 3.8) is 0 Å². The summed E-state index contributed by atoms with van der Waals surface area (Å²) in [6.07, 6.45) is 0. The van der Waals surface area contributed by atoms with E-state index in [1.807, 2.05) is 18.2 Å². The van der Waals surface area contributed by atoms with Gasteiger partial charge in [-0.05, 0) is 74.5 Å². The minimum Gasteiger partial charge on any atom is -0.237 e. The zero-order valence-electron chi connectivity index (χ0n) is 33.9. The Morgan fingerprint density at radius 2 is 0.738 bits per heavy atom. The van der Waals surface area contributed by atoms with Crippen LogP contribution in [0.2, 0.25) is 13.1 Å². The predicted molar refractivity (Wildman–Crippen MR) is 255 cm³/mol. The van der Waals surface area contributed by atoms with E-state index in [1.165, 1.54) is 21.6 Å². The Kier molecular flexibility index (Phi) is 8.91. The first-order valence-corrected chi connectivity index (χ1v) is 23.8. The second-order valence-corrected chi connectivity index (χ2v) is 20.5. The molecule has 0 unspecified atom stereocenters. The molecule has 0 atom stereocenters. The van der Waals surface area contributed by atoms with Crippen molar-refractivity contribution in [2.75, 3.05) is 0 Å². The predicted octanol–water partition coefficient (Wildman–Crippen LogP) is 12.9. The summed E-state index contributed by atoms with van der Waals surface area (Å²) < 4.78 is 0. The van der Waals surface area contributed by atoms with Crippen LogP contribution in [0, 0.1) is 0 Å². The zero-order chi connectivity index (χ0) is 40.9. The van der Waals surface area contributed by atoms with Gasteiger partial charge in [-0.15, -0.1) is 0 Å². The molecular formula is C56H40N4Si. The molecule has 8 aromatic carbocycles. The van der Waals surface area contributed by atoms with Crippen LogP contribution in [-0.4, -0.2) is 28.0 Å². The van der Waals surface area contributed by atoms with Crippen molar-refractivity contribution in [3.05, 3.63) is 206 Å². The van der Waals surface area contributed by atoms with E-state index in [-0.39, 0.29) is 0 Å². The van der Waals surface area contributed by atoms with Crippen LogP contribution < -0.4 is 10.5 Å². The molecule has 0 bridgehead atoms. The molecule has 61 heavy (non-hydrogen) atoms. The Balaban J connectivity index is 0.935. The van der Waals surface area contributed by atoms with Crippen molar-refractivity contribution < 1.29 is 0 Å². The highest BCUT2D eigenvalue weighted by molar-refractivity contribution is 7.03. The molecule has 288 valence electrons. The Morgan fingerprint density at radius 3 is 1.31 bits per heavy atom. The van der Waals surface area contributed by atoms with Gasteiger partial charge >= 0.3 is 0 Å². The molecule has 11 rings (SSSR count). The molecule has 10 aromatic rings. The van der Waals surface area contributed by atoms with Crippen molar-refractivity contribution in [1.82, 2.24) is 19.9 Å². The van der Waals surface area contributed by atoms with Crippen LogP contribution in [0.1, 0.15) is 0 Å². The summed E-state index contributed by atoms with van der Waals surface area (Å²) in [5, 5.41) is 3.67. The van der Waals surface area contributed by atoms with Crippen molar-refractivity contribution >= 4 is 29.5 Å². The van der Waals surface area contributed by atoms with Gasteiger partial charge in [0.05, 0.1) is 16.9 Å². The normalized spacial score (nSPS) is 12.6. The monoisotopic (exact) mass is 796 g/mol. The summed E-state index contributed by atoms with van der Waals surface area (Å²) in [5.41, 5.74) is 16.3. The summed E-state index contributed by atoms with van der Waals surface area (Å²) in [7, 11) is -2.07. The third kappa shape index (κ3) is 6.56. The fraction of sp³-hybridized carbons (Fsp3) is 0.0357. The van der Waals surface area contributed by atoms with Crippen LogP contribution in [0.25, 0.3) is 101 Å². The zero-order valence-corrected chi connectivity index (χ0v) is 34.9. The van der Waals surface area contributed by atoms with Crippen molar-refractivity contribution in [2.45, 2.75) is 13.1 Å². The highest BCUT2D eigenvalue weighted by atomic mass is 28.3. The Labute approximate surface area is 357 Å². The van der Waals surface area contributed by atoms with Crippen LogP contribution in [-0.2, 0) is 0 Å². The van der Waals surface area contributed by atoms with E-state index in [0.29, 0.717) is 5.82 Å². The molecule has 0 amide bonds. The lowest BCUT2D eigenvalue weighted by Gasteiger charge is -2.19. The third-order valence-electron chi connectivity index (χ3n) is 12.0. The smallest absolute Gasteiger partial charge is 0.160 e. The molecule has 0 spiro atoms. The summed E-state index contributed by atoms with van der Waals surface area (Å²) in [6.45, 7) is 4.83. The summed E-state index contributed by atoms with van der Waals surface area (Å²) in [6, 6.07) is 72.9. The van der Waals surface area contributed by atoms with Gasteiger partial charge in [-0.1, -0.05) is 189 Å². The molecule has 0 aliphatic carbocycles. The molecule has 0 saturated heterocycles. The highest BCUT2D eigenvalue weighted by Gasteiger charge is 2.41. The molecule has 0 N–H and O–H groups in total. The van der Waals surface area contributed by atoms with Gasteiger partial charge in [0.15, 0.2) is 11.6 Å². The van der Waals surface area contributed by atoms with Crippen molar-refractivity contribution in [2.24, 2.45) is 0 Å². The average Bonchev–Trinajstić information content (AvgIpc) is 3.57. The standard InChI is InChI=1S/C56H40N4Si/c1-61(2)50-32-12-10-30-48(50)51-53(38-19-7-4-8-20-38)59-55(60-56(51)61)46-28-16-26-44(36-46)42-24-14-22-40(34-42)39-21-13-23-41(33-39)43-25-15-27-45(35-43)54-57-49-31-11-9-29-47(49)52(58-54)37-17-5-3-6-18-37/h3-36H,1-2H3. The van der Waals surface area contributed by atoms with Gasteiger partial charge in [0, 0.05) is 38.5 Å². The number of hydrogen-bond acceptors (Lipinski definition) is 4. The maximum Gasteiger partial charge on any atom is 0.160 e. The van der Waals surface area contributed by atoms with E-state index < -0.39 is 8.07 Å². The number of nitrogens with zero attached hydrogens (tertiary/aromatic N) is 4. The number of rotatable bonds is 7. The van der Waals surface area contributed by atoms with Crippen LogP contribution in [0.4, 0.5) is 0 Å². The third-order valence-corrected chi connectivity index (χ3v) is 15.4. The SMILES string of the molecule is C[Si]1(C)c2ccccc2-c2c(-c3ccccc3)nc(-c3cccc(-c4cccc(-c5cccc(-c6cccc(-c7nc(-c8ccccc8)c8ccccc8n7)c6)c5)c4)c3)nc21. The van der Waals surface area contributed by atoms with Crippen LogP contribution in [0.15, 0.2) is 206 Å². The lowest BCUT2D eigenvalue weighted by Crippen LogP contribution is -2.50. The minimum atomic E-state index is -2.07. The van der Waals surface area contributed by atoms with Crippen LogP contribution in [0.3, 0.4) is 0 Å². The summed E-state index contributed by atoms with van der Waals surface area (Å²) in [4.78, 5) is 20.9. The summed E-state index contributed by atoms with van der Waals surface area (Å²) in [5.74, 6) is 1.48. The Hall–Kier alpha value is -7.60. The van der Waals surface area contributed by atoms with E-state index in [9.17, 15) is 0 Å². The van der Waals surface area contributed by atoms with Crippen molar-refractivity contribution in [3.8, 4) is 89.8 Å². The molecule has 5 heteroatoms. The first-order valence-electron chi connectivity index (χ1n) is 20.8. The topological polar surface area (TPSA) is 51.6 Å². The van der Waals surface area contributed by atoms with Crippen LogP contribution in [0.5, 0.6) is 0 Å². The highest BCUT2D eigenvalue weighted by Crippen LogP contribution is 2.38. The van der Waals surface area contributed by atoms with Gasteiger partial charge in [0.2, 0.25) is 0 Å². The van der Waals surface area contributed by atoms with Gasteiger partial charge in [-0.25, -0.2) is 19.9 Å². The Bertz CT molecular complexity index is 3290. The first kappa shape index (κ1) is 36.5. The molecule has 0 fully saturated rings. The van der Waals surface area contributed by atoms with Gasteiger partial charge < -0.3 is 0 Å². The maximum atomic E-state index is 5.42.